The van der Waals surface area contributed by atoms with Crippen LogP contribution < -0.4 is 5.73 Å². The number of anilines is 1. The van der Waals surface area contributed by atoms with Gasteiger partial charge in [0.2, 0.25) is 0 Å². The van der Waals surface area contributed by atoms with Gasteiger partial charge in [0, 0.05) is 36.1 Å². The number of hydrogen-bond acceptors (Lipinski definition) is 4. The minimum Gasteiger partial charge on any atom is -0.383 e. The van der Waals surface area contributed by atoms with Crippen molar-refractivity contribution in [3.05, 3.63) is 72.1 Å². The standard InChI is InChI=1S/C22H17F3N6/c1-2-30-9-16(19-21(26)27-11-28-22(19)30)15-3-4-18-17(20(15)25)10-31(29-18)8-12-5-13(23)7-14(24)6-12/h3-7,9-11H,2,8H2,1H3,(H2,26,27,28). The lowest BCUT2D eigenvalue weighted by molar-refractivity contribution is 0.575. The van der Waals surface area contributed by atoms with Crippen LogP contribution in [-0.4, -0.2) is 24.3 Å². The smallest absolute Gasteiger partial charge is 0.146 e. The van der Waals surface area contributed by atoms with Crippen molar-refractivity contribution in [2.24, 2.45) is 0 Å². The second-order valence-electron chi connectivity index (χ2n) is 7.25. The van der Waals surface area contributed by atoms with E-state index in [2.05, 4.69) is 15.1 Å². The first-order valence-corrected chi connectivity index (χ1v) is 9.65. The second kappa shape index (κ2) is 7.12. The fourth-order valence-electron chi connectivity index (χ4n) is 3.88. The first-order valence-electron chi connectivity index (χ1n) is 9.65. The molecule has 0 aliphatic rings. The summed E-state index contributed by atoms with van der Waals surface area (Å²) in [6.45, 7) is 2.70. The number of aryl methyl sites for hydroxylation is 1. The molecule has 5 rings (SSSR count). The van der Waals surface area contributed by atoms with Crippen LogP contribution in [0, 0.1) is 17.5 Å². The Hall–Kier alpha value is -3.88. The number of fused-ring (bicyclic) bond motifs is 2. The molecular formula is C22H17F3N6. The fourth-order valence-corrected chi connectivity index (χ4v) is 3.88. The predicted molar refractivity (Wildman–Crippen MR) is 112 cm³/mol. The molecule has 2 aromatic carbocycles. The van der Waals surface area contributed by atoms with Crippen molar-refractivity contribution in [1.29, 1.82) is 0 Å². The molecule has 0 atom stereocenters. The molecule has 0 aliphatic carbocycles. The number of nitrogen functional groups attached to an aromatic ring is 1. The van der Waals surface area contributed by atoms with Gasteiger partial charge in [-0.1, -0.05) is 0 Å². The van der Waals surface area contributed by atoms with E-state index in [1.54, 1.807) is 18.3 Å². The zero-order valence-corrected chi connectivity index (χ0v) is 16.5. The predicted octanol–water partition coefficient (Wildman–Crippen LogP) is 4.52. The van der Waals surface area contributed by atoms with Crippen LogP contribution in [0.1, 0.15) is 12.5 Å². The summed E-state index contributed by atoms with van der Waals surface area (Å²) in [5.74, 6) is -1.54. The quantitative estimate of drug-likeness (QED) is 0.462. The van der Waals surface area contributed by atoms with Crippen LogP contribution in [0.5, 0.6) is 0 Å². The van der Waals surface area contributed by atoms with E-state index in [0.29, 0.717) is 45.2 Å². The number of hydrogen-bond donors (Lipinski definition) is 1. The van der Waals surface area contributed by atoms with Crippen LogP contribution in [0.25, 0.3) is 33.1 Å². The Morgan fingerprint density at radius 3 is 2.48 bits per heavy atom. The van der Waals surface area contributed by atoms with Gasteiger partial charge >= 0.3 is 0 Å². The summed E-state index contributed by atoms with van der Waals surface area (Å²) in [4.78, 5) is 8.34. The molecule has 6 nitrogen and oxygen atoms in total. The summed E-state index contributed by atoms with van der Waals surface area (Å²) in [7, 11) is 0. The molecule has 0 fully saturated rings. The van der Waals surface area contributed by atoms with E-state index >= 15 is 4.39 Å². The third kappa shape index (κ3) is 3.18. The summed E-state index contributed by atoms with van der Waals surface area (Å²) in [6.07, 6.45) is 4.71. The molecule has 0 saturated heterocycles. The van der Waals surface area contributed by atoms with Crippen LogP contribution in [0.2, 0.25) is 0 Å². The van der Waals surface area contributed by atoms with Gasteiger partial charge < -0.3 is 10.3 Å². The largest absolute Gasteiger partial charge is 0.383 e. The maximum atomic E-state index is 15.5. The van der Waals surface area contributed by atoms with Crippen molar-refractivity contribution in [3.63, 3.8) is 0 Å². The van der Waals surface area contributed by atoms with Gasteiger partial charge in [0.1, 0.15) is 35.2 Å². The molecule has 0 unspecified atom stereocenters. The molecular weight excluding hydrogens is 405 g/mol. The molecule has 2 N–H and O–H groups in total. The fraction of sp³-hybridized carbons (Fsp3) is 0.136. The van der Waals surface area contributed by atoms with Gasteiger partial charge in [0.25, 0.3) is 0 Å². The third-order valence-electron chi connectivity index (χ3n) is 5.25. The van der Waals surface area contributed by atoms with Gasteiger partial charge in [-0.2, -0.15) is 5.10 Å². The van der Waals surface area contributed by atoms with Gasteiger partial charge in [-0.3, -0.25) is 4.68 Å². The zero-order chi connectivity index (χ0) is 21.7. The first kappa shape index (κ1) is 19.1. The molecule has 31 heavy (non-hydrogen) atoms. The molecule has 0 saturated carbocycles. The summed E-state index contributed by atoms with van der Waals surface area (Å²) < 4.78 is 45.8. The van der Waals surface area contributed by atoms with Gasteiger partial charge in [0.15, 0.2) is 0 Å². The van der Waals surface area contributed by atoms with Crippen molar-refractivity contribution in [2.75, 3.05) is 5.73 Å². The van der Waals surface area contributed by atoms with Gasteiger partial charge in [0.05, 0.1) is 22.8 Å². The highest BCUT2D eigenvalue weighted by Crippen LogP contribution is 2.36. The molecule has 3 aromatic heterocycles. The van der Waals surface area contributed by atoms with Crippen molar-refractivity contribution >= 4 is 27.8 Å². The minimum atomic E-state index is -0.674. The van der Waals surface area contributed by atoms with E-state index in [0.717, 1.165) is 6.07 Å². The molecule has 0 amide bonds. The molecule has 9 heteroatoms. The lowest BCUT2D eigenvalue weighted by Gasteiger charge is -2.03. The summed E-state index contributed by atoms with van der Waals surface area (Å²) in [5.41, 5.74) is 8.47. The van der Waals surface area contributed by atoms with E-state index in [4.69, 9.17) is 5.73 Å². The normalized spacial score (nSPS) is 11.6. The summed E-state index contributed by atoms with van der Waals surface area (Å²) in [5, 5.41) is 5.22. The molecule has 3 heterocycles. The van der Waals surface area contributed by atoms with Crippen molar-refractivity contribution in [3.8, 4) is 11.1 Å². The first-order chi connectivity index (χ1) is 14.9. The highest BCUT2D eigenvalue weighted by molar-refractivity contribution is 6.02. The molecule has 5 aromatic rings. The summed E-state index contributed by atoms with van der Waals surface area (Å²) in [6, 6.07) is 6.58. The summed E-state index contributed by atoms with van der Waals surface area (Å²) >= 11 is 0. The van der Waals surface area contributed by atoms with E-state index in [9.17, 15) is 8.78 Å². The minimum absolute atomic E-state index is 0.105. The monoisotopic (exact) mass is 422 g/mol. The number of halogens is 3. The van der Waals surface area contributed by atoms with Crippen LogP contribution in [-0.2, 0) is 13.1 Å². The Morgan fingerprint density at radius 2 is 1.74 bits per heavy atom. The van der Waals surface area contributed by atoms with Gasteiger partial charge in [-0.15, -0.1) is 0 Å². The topological polar surface area (TPSA) is 74.5 Å². The van der Waals surface area contributed by atoms with Gasteiger partial charge in [-0.05, 0) is 36.8 Å². The maximum Gasteiger partial charge on any atom is 0.146 e. The lowest BCUT2D eigenvalue weighted by Crippen LogP contribution is -2.01. The van der Waals surface area contributed by atoms with E-state index < -0.39 is 17.5 Å². The van der Waals surface area contributed by atoms with Crippen LogP contribution in [0.3, 0.4) is 0 Å². The number of nitrogens with zero attached hydrogens (tertiary/aromatic N) is 5. The van der Waals surface area contributed by atoms with Crippen molar-refractivity contribution in [1.82, 2.24) is 24.3 Å². The maximum absolute atomic E-state index is 15.5. The van der Waals surface area contributed by atoms with Gasteiger partial charge in [-0.25, -0.2) is 23.1 Å². The average molecular weight is 422 g/mol. The van der Waals surface area contributed by atoms with E-state index in [1.165, 1.54) is 29.3 Å². The van der Waals surface area contributed by atoms with Crippen LogP contribution in [0.15, 0.2) is 49.1 Å². The Morgan fingerprint density at radius 1 is 0.968 bits per heavy atom. The van der Waals surface area contributed by atoms with Crippen molar-refractivity contribution in [2.45, 2.75) is 20.0 Å². The van der Waals surface area contributed by atoms with E-state index in [-0.39, 0.29) is 12.4 Å². The van der Waals surface area contributed by atoms with Crippen LogP contribution in [0.4, 0.5) is 19.0 Å². The molecule has 0 spiro atoms. The highest BCUT2D eigenvalue weighted by Gasteiger charge is 2.19. The Labute approximate surface area is 174 Å². The zero-order valence-electron chi connectivity index (χ0n) is 16.5. The third-order valence-corrected chi connectivity index (χ3v) is 5.25. The SMILES string of the molecule is CCn1cc(-c2ccc3nn(Cc4cc(F)cc(F)c4)cc3c2F)c2c(N)ncnc21. The highest BCUT2D eigenvalue weighted by atomic mass is 19.1. The molecule has 0 radical (unpaired) electrons. The molecule has 0 bridgehead atoms. The number of rotatable bonds is 4. The lowest BCUT2D eigenvalue weighted by atomic mass is 10.0. The Balaban J connectivity index is 1.62. The Bertz CT molecular complexity index is 1430. The number of benzene rings is 2. The average Bonchev–Trinajstić information content (AvgIpc) is 3.30. The second-order valence-corrected chi connectivity index (χ2v) is 7.25. The Kier molecular flexibility index (Phi) is 4.39. The van der Waals surface area contributed by atoms with Crippen molar-refractivity contribution < 1.29 is 13.2 Å². The number of nitrogens with two attached hydrogens (primary N) is 1. The molecule has 0 aliphatic heterocycles. The number of aromatic nitrogens is 5. The molecule has 156 valence electrons. The van der Waals surface area contributed by atoms with Crippen LogP contribution >= 0.6 is 0 Å². The van der Waals surface area contributed by atoms with E-state index in [1.807, 2.05) is 11.5 Å².